The number of carbonyl (C=O) groups is 1. The van der Waals surface area contributed by atoms with Crippen LogP contribution < -0.4 is 5.01 Å². The Kier molecular flexibility index (Phi) is 3.76. The Labute approximate surface area is 160 Å². The summed E-state index contributed by atoms with van der Waals surface area (Å²) in [6.07, 6.45) is 0. The molecular formula is C22H16N4O2. The Morgan fingerprint density at radius 1 is 0.929 bits per heavy atom. The molecule has 2 heterocycles. The van der Waals surface area contributed by atoms with Gasteiger partial charge in [-0.2, -0.15) is 20.3 Å². The van der Waals surface area contributed by atoms with E-state index in [1.54, 1.807) is 6.92 Å². The number of nitrogens with zero attached hydrogens (tertiary/aromatic N) is 4. The van der Waals surface area contributed by atoms with Crippen LogP contribution >= 0.6 is 0 Å². The number of fused-ring (bicyclic) bond motifs is 3. The average molecular weight is 368 g/mol. The normalized spacial score (nSPS) is 17.2. The lowest BCUT2D eigenvalue weighted by Gasteiger charge is -2.11. The third-order valence-electron chi connectivity index (χ3n) is 4.75. The van der Waals surface area contributed by atoms with Gasteiger partial charge in [-0.15, -0.1) is 0 Å². The number of benzene rings is 3. The minimum atomic E-state index is -0.711. The number of carbonyl (C=O) groups excluding carboxylic acids is 1. The minimum Gasteiger partial charge on any atom is -0.456 e. The second kappa shape index (κ2) is 6.42. The van der Waals surface area contributed by atoms with Crippen LogP contribution in [0.15, 0.2) is 92.5 Å². The number of anilines is 1. The molecule has 1 aromatic heterocycles. The zero-order valence-electron chi connectivity index (χ0n) is 15.1. The molecule has 6 nitrogen and oxygen atoms in total. The minimum absolute atomic E-state index is 0.206. The zero-order valence-corrected chi connectivity index (χ0v) is 15.1. The molecule has 6 heteroatoms. The Morgan fingerprint density at radius 2 is 1.68 bits per heavy atom. The molecule has 0 bridgehead atoms. The average Bonchev–Trinajstić information content (AvgIpc) is 3.24. The first-order chi connectivity index (χ1) is 13.7. The summed E-state index contributed by atoms with van der Waals surface area (Å²) in [5, 5.41) is 16.3. The predicted molar refractivity (Wildman–Crippen MR) is 109 cm³/mol. The Balaban J connectivity index is 1.45. The quantitative estimate of drug-likeness (QED) is 0.450. The third-order valence-corrected chi connectivity index (χ3v) is 4.75. The van der Waals surface area contributed by atoms with Gasteiger partial charge in [0.1, 0.15) is 11.2 Å². The van der Waals surface area contributed by atoms with Crippen LogP contribution in [0.2, 0.25) is 0 Å². The molecule has 136 valence electrons. The van der Waals surface area contributed by atoms with Crippen molar-refractivity contribution in [1.29, 1.82) is 0 Å². The number of hydrazone groups is 1. The molecule has 28 heavy (non-hydrogen) atoms. The maximum absolute atomic E-state index is 12.7. The molecule has 1 atom stereocenters. The summed E-state index contributed by atoms with van der Waals surface area (Å²) < 4.78 is 5.83. The van der Waals surface area contributed by atoms with Gasteiger partial charge in [0.05, 0.1) is 17.1 Å². The summed E-state index contributed by atoms with van der Waals surface area (Å²) in [4.78, 5) is 12.7. The lowest BCUT2D eigenvalue weighted by atomic mass is 10.1. The van der Waals surface area contributed by atoms with Crippen molar-refractivity contribution in [2.24, 2.45) is 15.3 Å². The Morgan fingerprint density at radius 3 is 2.54 bits per heavy atom. The van der Waals surface area contributed by atoms with Crippen molar-refractivity contribution in [2.45, 2.75) is 13.0 Å². The smallest absolute Gasteiger partial charge is 0.280 e. The molecule has 0 spiro atoms. The number of amides is 1. The molecule has 1 unspecified atom stereocenters. The van der Waals surface area contributed by atoms with Crippen molar-refractivity contribution in [3.63, 3.8) is 0 Å². The molecule has 0 radical (unpaired) electrons. The molecular weight excluding hydrogens is 352 g/mol. The maximum Gasteiger partial charge on any atom is 0.280 e. The highest BCUT2D eigenvalue weighted by molar-refractivity contribution is 6.18. The summed E-state index contributed by atoms with van der Waals surface area (Å²) in [5.74, 6) is -0.206. The zero-order chi connectivity index (χ0) is 19.1. The molecule has 0 N–H and O–H groups in total. The number of para-hydroxylation sites is 2. The van der Waals surface area contributed by atoms with Crippen LogP contribution in [0, 0.1) is 0 Å². The van der Waals surface area contributed by atoms with Crippen LogP contribution in [0.5, 0.6) is 0 Å². The molecule has 1 aliphatic heterocycles. The SMILES string of the molecule is CC1=NN(c2ccccc2)C(=O)C1N=Nc1ccc2oc3ccccc3c2c1. The number of hydrogen-bond donors (Lipinski definition) is 0. The number of rotatable bonds is 3. The van der Waals surface area contributed by atoms with E-state index in [-0.39, 0.29) is 5.91 Å². The first kappa shape index (κ1) is 16.4. The van der Waals surface area contributed by atoms with E-state index < -0.39 is 6.04 Å². The molecule has 1 aliphatic rings. The summed E-state index contributed by atoms with van der Waals surface area (Å²) in [6, 6.07) is 22.1. The van der Waals surface area contributed by atoms with Gasteiger partial charge in [-0.3, -0.25) is 4.79 Å². The third kappa shape index (κ3) is 2.66. The first-order valence-corrected chi connectivity index (χ1v) is 8.97. The topological polar surface area (TPSA) is 70.5 Å². The predicted octanol–water partition coefficient (Wildman–Crippen LogP) is 5.46. The summed E-state index contributed by atoms with van der Waals surface area (Å²) in [5.41, 5.74) is 3.63. The number of furan rings is 1. The second-order valence-electron chi connectivity index (χ2n) is 6.62. The fourth-order valence-corrected chi connectivity index (χ4v) is 3.34. The van der Waals surface area contributed by atoms with E-state index in [0.29, 0.717) is 11.4 Å². The highest BCUT2D eigenvalue weighted by Crippen LogP contribution is 2.32. The van der Waals surface area contributed by atoms with Crippen molar-refractivity contribution < 1.29 is 9.21 Å². The van der Waals surface area contributed by atoms with Gasteiger partial charge in [-0.05, 0) is 43.3 Å². The standard InChI is InChI=1S/C22H16N4O2/c1-14-21(22(27)26(25-14)16-7-3-2-4-8-16)24-23-15-11-12-20-18(13-15)17-9-5-6-10-19(17)28-20/h2-13,21H,1H3. The van der Waals surface area contributed by atoms with E-state index in [4.69, 9.17) is 4.42 Å². The fraction of sp³-hybridized carbons (Fsp3) is 0.0909. The largest absolute Gasteiger partial charge is 0.456 e. The van der Waals surface area contributed by atoms with Gasteiger partial charge in [0.25, 0.3) is 5.91 Å². The lowest BCUT2D eigenvalue weighted by Crippen LogP contribution is -2.29. The fourth-order valence-electron chi connectivity index (χ4n) is 3.34. The van der Waals surface area contributed by atoms with Gasteiger partial charge >= 0.3 is 0 Å². The van der Waals surface area contributed by atoms with Gasteiger partial charge in [-0.1, -0.05) is 36.4 Å². The molecule has 0 saturated heterocycles. The highest BCUT2D eigenvalue weighted by Gasteiger charge is 2.34. The van der Waals surface area contributed by atoms with Gasteiger partial charge in [-0.25, -0.2) is 0 Å². The molecule has 1 amide bonds. The molecule has 0 aliphatic carbocycles. The Bertz CT molecular complexity index is 1260. The number of hydrogen-bond acceptors (Lipinski definition) is 5. The molecule has 0 fully saturated rings. The lowest BCUT2D eigenvalue weighted by molar-refractivity contribution is -0.117. The molecule has 5 rings (SSSR count). The Hall–Kier alpha value is -3.80. The maximum atomic E-state index is 12.7. The van der Waals surface area contributed by atoms with E-state index in [1.807, 2.05) is 72.8 Å². The van der Waals surface area contributed by atoms with Crippen LogP contribution in [0.1, 0.15) is 6.92 Å². The van der Waals surface area contributed by atoms with Gasteiger partial charge < -0.3 is 4.42 Å². The monoisotopic (exact) mass is 368 g/mol. The van der Waals surface area contributed by atoms with E-state index in [1.165, 1.54) is 5.01 Å². The summed E-state index contributed by atoms with van der Waals surface area (Å²) in [6.45, 7) is 1.79. The second-order valence-corrected chi connectivity index (χ2v) is 6.62. The van der Waals surface area contributed by atoms with E-state index in [0.717, 1.165) is 27.6 Å². The molecule has 3 aromatic carbocycles. The van der Waals surface area contributed by atoms with Gasteiger partial charge in [0, 0.05) is 10.8 Å². The highest BCUT2D eigenvalue weighted by atomic mass is 16.3. The van der Waals surface area contributed by atoms with E-state index in [2.05, 4.69) is 15.3 Å². The van der Waals surface area contributed by atoms with E-state index in [9.17, 15) is 4.79 Å². The van der Waals surface area contributed by atoms with Crippen LogP contribution in [0.25, 0.3) is 21.9 Å². The van der Waals surface area contributed by atoms with Gasteiger partial charge in [0.15, 0.2) is 6.04 Å². The van der Waals surface area contributed by atoms with Gasteiger partial charge in [0.2, 0.25) is 0 Å². The number of azo groups is 1. The molecule has 0 saturated carbocycles. The van der Waals surface area contributed by atoms with Crippen molar-refractivity contribution in [3.05, 3.63) is 72.8 Å². The van der Waals surface area contributed by atoms with Crippen LogP contribution in [0.4, 0.5) is 11.4 Å². The van der Waals surface area contributed by atoms with Crippen molar-refractivity contribution in [3.8, 4) is 0 Å². The van der Waals surface area contributed by atoms with Crippen molar-refractivity contribution >= 4 is 44.9 Å². The molecule has 4 aromatic rings. The van der Waals surface area contributed by atoms with Crippen LogP contribution in [0.3, 0.4) is 0 Å². The first-order valence-electron chi connectivity index (χ1n) is 8.97. The van der Waals surface area contributed by atoms with E-state index >= 15 is 0 Å². The summed E-state index contributed by atoms with van der Waals surface area (Å²) >= 11 is 0. The van der Waals surface area contributed by atoms with Crippen LogP contribution in [-0.2, 0) is 4.79 Å². The van der Waals surface area contributed by atoms with Crippen molar-refractivity contribution in [1.82, 2.24) is 0 Å². The van der Waals surface area contributed by atoms with Crippen molar-refractivity contribution in [2.75, 3.05) is 5.01 Å². The van der Waals surface area contributed by atoms with Crippen LogP contribution in [-0.4, -0.2) is 17.7 Å². The summed E-state index contributed by atoms with van der Waals surface area (Å²) in [7, 11) is 0.